The number of benzene rings is 1. The van der Waals surface area contributed by atoms with Gasteiger partial charge >= 0.3 is 6.09 Å². The van der Waals surface area contributed by atoms with Gasteiger partial charge in [0.05, 0.1) is 19.3 Å². The fourth-order valence-electron chi connectivity index (χ4n) is 4.80. The summed E-state index contributed by atoms with van der Waals surface area (Å²) in [5, 5.41) is 5.30. The Bertz CT molecular complexity index is 1330. The van der Waals surface area contributed by atoms with Crippen molar-refractivity contribution in [2.24, 2.45) is 12.8 Å². The smallest absolute Gasteiger partial charge is 0.409 e. The second-order valence-electron chi connectivity index (χ2n) is 9.51. The SMILES string of the molecule is CC(=O)N1CCc2c(n(C)c3c(=O)n(Cc4cccc(OC(N)=O)c4C(C)(C)C)ncc23)C1. The molecule has 1 aliphatic rings. The molecule has 0 saturated heterocycles. The van der Waals surface area contributed by atoms with Gasteiger partial charge in [0.25, 0.3) is 5.56 Å². The van der Waals surface area contributed by atoms with Crippen LogP contribution in [-0.4, -0.2) is 37.8 Å². The van der Waals surface area contributed by atoms with E-state index in [2.05, 4.69) is 5.10 Å². The lowest BCUT2D eigenvalue weighted by molar-refractivity contribution is -0.129. The third kappa shape index (κ3) is 3.99. The maximum Gasteiger partial charge on any atom is 0.409 e. The predicted octanol–water partition coefficient (Wildman–Crippen LogP) is 2.44. The number of ether oxygens (including phenoxy) is 1. The first-order valence-electron chi connectivity index (χ1n) is 10.9. The van der Waals surface area contributed by atoms with Crippen LogP contribution in [0, 0.1) is 0 Å². The molecular formula is C24H29N5O4. The van der Waals surface area contributed by atoms with E-state index in [1.54, 1.807) is 30.2 Å². The predicted molar refractivity (Wildman–Crippen MR) is 124 cm³/mol. The molecule has 0 fully saturated rings. The van der Waals surface area contributed by atoms with Gasteiger partial charge in [-0.25, -0.2) is 9.48 Å². The molecule has 0 spiro atoms. The number of fused-ring (bicyclic) bond motifs is 3. The van der Waals surface area contributed by atoms with Crippen LogP contribution in [0.15, 0.2) is 29.2 Å². The van der Waals surface area contributed by atoms with Crippen LogP contribution in [0.2, 0.25) is 0 Å². The number of primary amides is 1. The molecule has 1 aromatic carbocycles. The molecule has 0 aliphatic carbocycles. The van der Waals surface area contributed by atoms with Gasteiger partial charge in [-0.05, 0) is 29.0 Å². The molecule has 174 valence electrons. The molecule has 2 N–H and O–H groups in total. The number of nitrogens with two attached hydrogens (primary N) is 1. The van der Waals surface area contributed by atoms with Gasteiger partial charge in [0.2, 0.25) is 5.91 Å². The van der Waals surface area contributed by atoms with Gasteiger partial charge < -0.3 is 19.9 Å². The molecule has 0 radical (unpaired) electrons. The van der Waals surface area contributed by atoms with Crippen LogP contribution >= 0.6 is 0 Å². The van der Waals surface area contributed by atoms with Gasteiger partial charge in [0, 0.05) is 37.2 Å². The lowest BCUT2D eigenvalue weighted by Crippen LogP contribution is -2.34. The molecule has 33 heavy (non-hydrogen) atoms. The highest BCUT2D eigenvalue weighted by Gasteiger charge is 2.27. The van der Waals surface area contributed by atoms with Crippen LogP contribution in [0.5, 0.6) is 5.75 Å². The second-order valence-corrected chi connectivity index (χ2v) is 9.51. The Hall–Kier alpha value is -3.62. The third-order valence-electron chi connectivity index (χ3n) is 6.24. The van der Waals surface area contributed by atoms with Gasteiger partial charge in [0.1, 0.15) is 11.3 Å². The van der Waals surface area contributed by atoms with E-state index in [1.807, 2.05) is 38.5 Å². The zero-order valence-electron chi connectivity index (χ0n) is 19.6. The van der Waals surface area contributed by atoms with Gasteiger partial charge in [-0.2, -0.15) is 5.10 Å². The highest BCUT2D eigenvalue weighted by Crippen LogP contribution is 2.35. The van der Waals surface area contributed by atoms with Crippen LogP contribution in [0.4, 0.5) is 4.79 Å². The van der Waals surface area contributed by atoms with Crippen molar-refractivity contribution in [3.05, 3.63) is 57.1 Å². The van der Waals surface area contributed by atoms with Crippen molar-refractivity contribution >= 4 is 22.9 Å². The maximum atomic E-state index is 13.5. The van der Waals surface area contributed by atoms with Crippen molar-refractivity contribution < 1.29 is 14.3 Å². The van der Waals surface area contributed by atoms with E-state index in [-0.39, 0.29) is 23.4 Å². The molecule has 2 aromatic heterocycles. The van der Waals surface area contributed by atoms with Gasteiger partial charge in [-0.1, -0.05) is 32.9 Å². The van der Waals surface area contributed by atoms with Crippen LogP contribution < -0.4 is 16.0 Å². The molecule has 0 saturated carbocycles. The second kappa shape index (κ2) is 8.06. The Kier molecular flexibility index (Phi) is 5.51. The van der Waals surface area contributed by atoms with Crippen molar-refractivity contribution in [1.29, 1.82) is 0 Å². The number of aromatic nitrogens is 3. The third-order valence-corrected chi connectivity index (χ3v) is 6.24. The van der Waals surface area contributed by atoms with Gasteiger partial charge in [-0.15, -0.1) is 0 Å². The molecule has 3 aromatic rings. The summed E-state index contributed by atoms with van der Waals surface area (Å²) in [6, 6.07) is 5.36. The molecule has 9 nitrogen and oxygen atoms in total. The topological polar surface area (TPSA) is 112 Å². The first-order chi connectivity index (χ1) is 15.5. The van der Waals surface area contributed by atoms with Gasteiger partial charge in [0.15, 0.2) is 0 Å². The fourth-order valence-corrected chi connectivity index (χ4v) is 4.80. The number of nitrogens with zero attached hydrogens (tertiary/aromatic N) is 4. The van der Waals surface area contributed by atoms with Crippen LogP contribution in [0.1, 0.15) is 50.1 Å². The number of hydrogen-bond donors (Lipinski definition) is 1. The Morgan fingerprint density at radius 1 is 1.24 bits per heavy atom. The van der Waals surface area contributed by atoms with Crippen LogP contribution in [-0.2, 0) is 36.8 Å². The first kappa shape index (κ1) is 22.6. The lowest BCUT2D eigenvalue weighted by Gasteiger charge is -2.26. The monoisotopic (exact) mass is 451 g/mol. The Labute approximate surface area is 191 Å². The molecule has 9 heteroatoms. The minimum Gasteiger partial charge on any atom is -0.410 e. The number of rotatable bonds is 3. The largest absolute Gasteiger partial charge is 0.410 e. The number of amides is 2. The van der Waals surface area contributed by atoms with E-state index in [1.165, 1.54) is 4.68 Å². The molecular weight excluding hydrogens is 422 g/mol. The van der Waals surface area contributed by atoms with Gasteiger partial charge in [-0.3, -0.25) is 9.59 Å². The molecule has 1 aliphatic heterocycles. The average molecular weight is 452 g/mol. The highest BCUT2D eigenvalue weighted by atomic mass is 16.5. The minimum atomic E-state index is -0.886. The highest BCUT2D eigenvalue weighted by molar-refractivity contribution is 5.85. The quantitative estimate of drug-likeness (QED) is 0.657. The number of aryl methyl sites for hydroxylation is 1. The summed E-state index contributed by atoms with van der Waals surface area (Å²) in [6.07, 6.45) is 1.54. The number of carbonyl (C=O) groups is 2. The standard InChI is InChI=1S/C24H29N5O4/c1-14(30)28-10-9-16-17-11-26-29(22(31)21(17)27(5)18(16)13-28)12-15-7-6-8-19(33-23(25)32)20(15)24(2,3)4/h6-8,11H,9-10,12-13H2,1-5H3,(H2,25,32). The van der Waals surface area contributed by atoms with Crippen LogP contribution in [0.3, 0.4) is 0 Å². The zero-order chi connectivity index (χ0) is 24.1. The van der Waals surface area contributed by atoms with E-state index in [4.69, 9.17) is 10.5 Å². The fraction of sp³-hybridized carbons (Fsp3) is 0.417. The van der Waals surface area contributed by atoms with Crippen molar-refractivity contribution in [1.82, 2.24) is 19.2 Å². The molecule has 0 bridgehead atoms. The van der Waals surface area contributed by atoms with Crippen molar-refractivity contribution in [2.75, 3.05) is 6.54 Å². The molecule has 0 atom stereocenters. The summed E-state index contributed by atoms with van der Waals surface area (Å²) < 4.78 is 8.56. The summed E-state index contributed by atoms with van der Waals surface area (Å²) in [5.74, 6) is 0.398. The lowest BCUT2D eigenvalue weighted by atomic mass is 9.83. The Morgan fingerprint density at radius 2 is 1.97 bits per heavy atom. The Balaban J connectivity index is 1.81. The van der Waals surface area contributed by atoms with Crippen molar-refractivity contribution in [3.63, 3.8) is 0 Å². The first-order valence-corrected chi connectivity index (χ1v) is 10.9. The number of carbonyl (C=O) groups excluding carboxylic acids is 2. The molecule has 0 unspecified atom stereocenters. The average Bonchev–Trinajstić information content (AvgIpc) is 3.01. The minimum absolute atomic E-state index is 0.0224. The van der Waals surface area contributed by atoms with E-state index in [0.29, 0.717) is 30.8 Å². The summed E-state index contributed by atoms with van der Waals surface area (Å²) in [5.41, 5.74) is 8.91. The van der Waals surface area contributed by atoms with E-state index < -0.39 is 6.09 Å². The Morgan fingerprint density at radius 3 is 2.61 bits per heavy atom. The van der Waals surface area contributed by atoms with Crippen molar-refractivity contribution in [2.45, 2.75) is 52.6 Å². The molecule has 4 rings (SSSR count). The summed E-state index contributed by atoms with van der Waals surface area (Å²) in [4.78, 5) is 38.6. The summed E-state index contributed by atoms with van der Waals surface area (Å²) in [6.45, 7) is 8.90. The molecule has 3 heterocycles. The van der Waals surface area contributed by atoms with E-state index >= 15 is 0 Å². The van der Waals surface area contributed by atoms with Crippen LogP contribution in [0.25, 0.3) is 10.9 Å². The maximum absolute atomic E-state index is 13.5. The van der Waals surface area contributed by atoms with Crippen molar-refractivity contribution in [3.8, 4) is 5.75 Å². The number of hydrogen-bond acceptors (Lipinski definition) is 5. The summed E-state index contributed by atoms with van der Waals surface area (Å²) in [7, 11) is 1.86. The zero-order valence-corrected chi connectivity index (χ0v) is 19.6. The summed E-state index contributed by atoms with van der Waals surface area (Å²) >= 11 is 0. The molecule has 2 amide bonds. The normalized spacial score (nSPS) is 13.8. The van der Waals surface area contributed by atoms with E-state index in [9.17, 15) is 14.4 Å². The van der Waals surface area contributed by atoms with E-state index in [0.717, 1.165) is 27.8 Å².